The minimum absolute atomic E-state index is 0.151. The third-order valence-electron chi connectivity index (χ3n) is 12.5. The van der Waals surface area contributed by atoms with E-state index in [-0.39, 0.29) is 12.5 Å². The number of amides is 1. The van der Waals surface area contributed by atoms with E-state index >= 15 is 0 Å². The van der Waals surface area contributed by atoms with Gasteiger partial charge in [0, 0.05) is 6.42 Å². The Morgan fingerprint density at radius 1 is 0.522 bits per heavy atom. The van der Waals surface area contributed by atoms with E-state index in [2.05, 4.69) is 104 Å². The molecule has 1 aliphatic rings. The quantitative estimate of drug-likeness (QED) is 0.0261. The molecular weight excluding hydrogens is 839 g/mol. The summed E-state index contributed by atoms with van der Waals surface area (Å²) in [6.45, 7) is 3.71. The number of carbonyl (C=O) groups excluding carboxylic acids is 1. The van der Waals surface area contributed by atoms with Crippen LogP contribution < -0.4 is 5.32 Å². The molecule has 0 bridgehead atoms. The molecule has 0 aromatic carbocycles. The Labute approximate surface area is 410 Å². The molecule has 7 unspecified atom stereocenters. The monoisotopic (exact) mass is 940 g/mol. The number of nitrogens with one attached hydrogen (secondary N) is 1. The number of aliphatic hydroxyl groups is 5. The first kappa shape index (κ1) is 62.4. The summed E-state index contributed by atoms with van der Waals surface area (Å²) in [4.78, 5) is 13.1. The van der Waals surface area contributed by atoms with Crippen LogP contribution in [0.3, 0.4) is 0 Å². The zero-order chi connectivity index (χ0) is 48.7. The number of carbonyl (C=O) groups is 1. The lowest BCUT2D eigenvalue weighted by atomic mass is 9.99. The highest BCUT2D eigenvalue weighted by Crippen LogP contribution is 2.23. The smallest absolute Gasteiger partial charge is 0.220 e. The van der Waals surface area contributed by atoms with Gasteiger partial charge in [-0.15, -0.1) is 0 Å². The summed E-state index contributed by atoms with van der Waals surface area (Å²) >= 11 is 0. The minimum atomic E-state index is -1.56. The summed E-state index contributed by atoms with van der Waals surface area (Å²) in [6, 6.07) is -0.736. The van der Waals surface area contributed by atoms with Crippen molar-refractivity contribution in [3.8, 4) is 0 Å². The van der Waals surface area contributed by atoms with E-state index in [1.807, 2.05) is 0 Å². The van der Waals surface area contributed by atoms with Crippen molar-refractivity contribution >= 4 is 5.91 Å². The Bertz CT molecular complexity index is 1320. The van der Waals surface area contributed by atoms with E-state index in [1.54, 1.807) is 0 Å². The average Bonchev–Trinajstić information content (AvgIpc) is 3.33. The molecule has 0 aromatic heterocycles. The summed E-state index contributed by atoms with van der Waals surface area (Å²) in [5.74, 6) is -0.166. The predicted molar refractivity (Wildman–Crippen MR) is 281 cm³/mol. The standard InChI is InChI=1S/C58H101NO8/c1-3-5-7-9-11-13-15-17-19-21-22-23-24-25-26-27-28-29-30-32-34-36-38-40-42-44-46-48-54(62)59-51(50-66-58-57(65)56(64)55(63)53(49-60)67-58)52(61)47-45-43-41-39-37-35-33-31-20-18-16-14-12-10-8-6-4-2/h5,7,11,13,17,19,22-23,25-26,28-29,32,34,51-53,55-58,60-61,63-65H,3-4,6,8-10,12,14-16,18,20-21,24,27,30-31,33,35-50H2,1-2H3,(H,59,62)/b7-5-,13-11-,19-17-,23-22-,26-25-,29-28-,34-32-. The van der Waals surface area contributed by atoms with Gasteiger partial charge in [-0.2, -0.15) is 0 Å². The van der Waals surface area contributed by atoms with E-state index < -0.39 is 49.5 Å². The molecule has 1 saturated heterocycles. The maximum absolute atomic E-state index is 13.1. The molecule has 9 nitrogen and oxygen atoms in total. The van der Waals surface area contributed by atoms with Crippen LogP contribution >= 0.6 is 0 Å². The van der Waals surface area contributed by atoms with Gasteiger partial charge in [-0.3, -0.25) is 4.79 Å². The fourth-order valence-electron chi connectivity index (χ4n) is 8.20. The number of ether oxygens (including phenoxy) is 2. The molecule has 1 amide bonds. The normalized spacial score (nSPS) is 20.4. The zero-order valence-corrected chi connectivity index (χ0v) is 42.6. The van der Waals surface area contributed by atoms with Crippen LogP contribution in [0.2, 0.25) is 0 Å². The number of rotatable bonds is 45. The van der Waals surface area contributed by atoms with E-state index in [9.17, 15) is 30.3 Å². The van der Waals surface area contributed by atoms with Crippen LogP contribution in [0.5, 0.6) is 0 Å². The van der Waals surface area contributed by atoms with Crippen molar-refractivity contribution in [1.29, 1.82) is 0 Å². The van der Waals surface area contributed by atoms with Gasteiger partial charge in [0.1, 0.15) is 24.4 Å². The van der Waals surface area contributed by atoms with E-state index in [0.29, 0.717) is 12.8 Å². The maximum atomic E-state index is 13.1. The molecule has 9 heteroatoms. The van der Waals surface area contributed by atoms with Crippen LogP contribution in [0, 0.1) is 0 Å². The molecule has 0 spiro atoms. The topological polar surface area (TPSA) is 149 Å². The zero-order valence-electron chi connectivity index (χ0n) is 42.6. The first-order valence-electron chi connectivity index (χ1n) is 27.3. The number of unbranched alkanes of at least 4 members (excludes halogenated alkanes) is 21. The van der Waals surface area contributed by atoms with Gasteiger partial charge in [0.25, 0.3) is 0 Å². The van der Waals surface area contributed by atoms with Crippen LogP contribution in [-0.4, -0.2) is 87.5 Å². The lowest BCUT2D eigenvalue weighted by Gasteiger charge is -2.40. The van der Waals surface area contributed by atoms with Crippen molar-refractivity contribution in [3.05, 3.63) is 85.1 Å². The number of aliphatic hydroxyl groups excluding tert-OH is 5. The van der Waals surface area contributed by atoms with Gasteiger partial charge in [0.2, 0.25) is 5.91 Å². The lowest BCUT2D eigenvalue weighted by Crippen LogP contribution is -2.60. The SMILES string of the molecule is CC/C=C\C/C=C\C/C=C\C/C=C\C/C=C\C/C=C\C/C=C\CCCCCCCC(=O)NC(COC1OC(CO)C(O)C(O)C1O)C(O)CCCCCCCCCCCCCCCCCCC. The first-order chi connectivity index (χ1) is 32.8. The van der Waals surface area contributed by atoms with Crippen LogP contribution in [0.15, 0.2) is 85.1 Å². The Balaban J connectivity index is 2.27. The Hall–Kier alpha value is -2.63. The molecule has 0 saturated carbocycles. The highest BCUT2D eigenvalue weighted by Gasteiger charge is 2.44. The molecule has 0 aliphatic carbocycles. The average molecular weight is 940 g/mol. The summed E-state index contributed by atoms with van der Waals surface area (Å²) < 4.78 is 11.3. The molecule has 1 fully saturated rings. The van der Waals surface area contributed by atoms with Crippen LogP contribution in [0.1, 0.15) is 219 Å². The summed E-state index contributed by atoms with van der Waals surface area (Å²) in [7, 11) is 0. The van der Waals surface area contributed by atoms with Gasteiger partial charge >= 0.3 is 0 Å². The maximum Gasteiger partial charge on any atom is 0.220 e. The molecule has 1 rings (SSSR count). The van der Waals surface area contributed by atoms with Gasteiger partial charge in [-0.1, -0.05) is 227 Å². The summed E-state index contributed by atoms with van der Waals surface area (Å²) in [6.07, 6.45) is 58.8. The van der Waals surface area contributed by atoms with Crippen LogP contribution in [0.25, 0.3) is 0 Å². The van der Waals surface area contributed by atoms with Gasteiger partial charge in [0.15, 0.2) is 6.29 Å². The van der Waals surface area contributed by atoms with Crippen molar-refractivity contribution in [2.45, 2.75) is 262 Å². The van der Waals surface area contributed by atoms with Crippen molar-refractivity contribution in [2.75, 3.05) is 13.2 Å². The fourth-order valence-corrected chi connectivity index (χ4v) is 8.20. The lowest BCUT2D eigenvalue weighted by molar-refractivity contribution is -0.302. The largest absolute Gasteiger partial charge is 0.394 e. The number of allylic oxidation sites excluding steroid dienone is 14. The van der Waals surface area contributed by atoms with Gasteiger partial charge in [-0.05, 0) is 70.6 Å². The van der Waals surface area contributed by atoms with E-state index in [4.69, 9.17) is 9.47 Å². The van der Waals surface area contributed by atoms with Crippen molar-refractivity contribution in [1.82, 2.24) is 5.32 Å². The Morgan fingerprint density at radius 2 is 0.925 bits per heavy atom. The predicted octanol–water partition coefficient (Wildman–Crippen LogP) is 13.1. The molecule has 1 aliphatic heterocycles. The first-order valence-corrected chi connectivity index (χ1v) is 27.3. The van der Waals surface area contributed by atoms with Crippen molar-refractivity contribution < 1.29 is 39.8 Å². The van der Waals surface area contributed by atoms with E-state index in [1.165, 1.54) is 89.9 Å². The summed E-state index contributed by atoms with van der Waals surface area (Å²) in [5, 5.41) is 54.6. The Kier molecular flexibility index (Phi) is 43.8. The minimum Gasteiger partial charge on any atom is -0.394 e. The van der Waals surface area contributed by atoms with Gasteiger partial charge in [0.05, 0.1) is 25.4 Å². The molecule has 7 atom stereocenters. The summed E-state index contributed by atoms with van der Waals surface area (Å²) in [5.41, 5.74) is 0. The molecular formula is C58H101NO8. The second kappa shape index (κ2) is 47.1. The third kappa shape index (κ3) is 36.9. The van der Waals surface area contributed by atoms with E-state index in [0.717, 1.165) is 103 Å². The molecule has 0 aromatic rings. The molecule has 6 N–H and O–H groups in total. The number of hydrogen-bond acceptors (Lipinski definition) is 8. The van der Waals surface area contributed by atoms with Gasteiger partial charge < -0.3 is 40.3 Å². The van der Waals surface area contributed by atoms with Crippen LogP contribution in [-0.2, 0) is 14.3 Å². The molecule has 386 valence electrons. The molecule has 0 radical (unpaired) electrons. The van der Waals surface area contributed by atoms with Crippen molar-refractivity contribution in [2.24, 2.45) is 0 Å². The van der Waals surface area contributed by atoms with Gasteiger partial charge in [-0.25, -0.2) is 0 Å². The van der Waals surface area contributed by atoms with Crippen LogP contribution in [0.4, 0.5) is 0 Å². The third-order valence-corrected chi connectivity index (χ3v) is 12.5. The number of hydrogen-bond donors (Lipinski definition) is 6. The second-order valence-electron chi connectivity index (χ2n) is 18.6. The molecule has 1 heterocycles. The fraction of sp³-hybridized carbons (Fsp3) is 0.741. The van der Waals surface area contributed by atoms with Crippen molar-refractivity contribution in [3.63, 3.8) is 0 Å². The second-order valence-corrected chi connectivity index (χ2v) is 18.6. The molecule has 67 heavy (non-hydrogen) atoms. The highest BCUT2D eigenvalue weighted by atomic mass is 16.7. The Morgan fingerprint density at radius 3 is 1.37 bits per heavy atom. The highest BCUT2D eigenvalue weighted by molar-refractivity contribution is 5.76.